The third-order valence-electron chi connectivity index (χ3n) is 4.51. The van der Waals surface area contributed by atoms with Crippen LogP contribution in [-0.2, 0) is 17.6 Å². The second-order valence-electron chi connectivity index (χ2n) is 6.48. The highest BCUT2D eigenvalue weighted by Crippen LogP contribution is 2.42. The smallest absolute Gasteiger partial charge is 0.216 e. The number of nitrogens with zero attached hydrogens (tertiary/aromatic N) is 1. The van der Waals surface area contributed by atoms with Gasteiger partial charge in [-0.05, 0) is 36.0 Å². The van der Waals surface area contributed by atoms with E-state index in [1.165, 1.54) is 22.3 Å². The number of benzene rings is 1. The molecule has 0 bridgehead atoms. The van der Waals surface area contributed by atoms with E-state index < -0.39 is 0 Å². The minimum atomic E-state index is 0.0149. The van der Waals surface area contributed by atoms with Crippen molar-refractivity contribution in [3.8, 4) is 0 Å². The number of allylic oxidation sites excluding steroid dienone is 1. The number of nitrogens with one attached hydrogen (secondary N) is 1. The predicted octanol–water partition coefficient (Wildman–Crippen LogP) is 3.88. The lowest BCUT2D eigenvalue weighted by Crippen LogP contribution is -2.21. The molecule has 1 amide bonds. The van der Waals surface area contributed by atoms with Gasteiger partial charge in [0.05, 0.1) is 0 Å². The number of carbonyl (C=O) groups excluding carboxylic acids is 1. The monoisotopic (exact) mass is 312 g/mol. The van der Waals surface area contributed by atoms with Crippen molar-refractivity contribution in [1.29, 1.82) is 0 Å². The lowest BCUT2D eigenvalue weighted by Gasteiger charge is -2.12. The molecule has 4 nitrogen and oxygen atoms in total. The van der Waals surface area contributed by atoms with Crippen molar-refractivity contribution in [2.24, 2.45) is 5.92 Å². The summed E-state index contributed by atoms with van der Waals surface area (Å²) in [5, 5.41) is 2.91. The Bertz CT molecular complexity index is 784. The third-order valence-corrected chi connectivity index (χ3v) is 4.51. The van der Waals surface area contributed by atoms with Crippen LogP contribution >= 0.6 is 0 Å². The first-order valence-electron chi connectivity index (χ1n) is 8.39. The van der Waals surface area contributed by atoms with E-state index in [9.17, 15) is 4.79 Å². The van der Waals surface area contributed by atoms with Crippen LogP contribution in [-0.4, -0.2) is 17.4 Å². The van der Waals surface area contributed by atoms with Crippen LogP contribution < -0.4 is 5.32 Å². The number of aryl methyl sites for hydroxylation is 1. The van der Waals surface area contributed by atoms with E-state index in [1.54, 1.807) is 6.92 Å². The van der Waals surface area contributed by atoms with Gasteiger partial charge in [-0.1, -0.05) is 32.4 Å². The maximum Gasteiger partial charge on any atom is 0.216 e. The molecule has 122 valence electrons. The Balaban J connectivity index is 2.06. The molecule has 1 heterocycles. The minimum absolute atomic E-state index is 0.0149. The molecule has 1 N–H and O–H groups in total. The molecule has 1 aliphatic carbocycles. The van der Waals surface area contributed by atoms with Crippen LogP contribution in [0.4, 0.5) is 0 Å². The molecule has 0 radical (unpaired) electrons. The highest BCUT2D eigenvalue weighted by molar-refractivity contribution is 5.93. The fraction of sp³-hybridized carbons (Fsp3) is 0.474. The molecule has 23 heavy (non-hydrogen) atoms. The highest BCUT2D eigenvalue weighted by atomic mass is 16.3. The van der Waals surface area contributed by atoms with E-state index in [1.807, 2.05) is 0 Å². The number of hydrogen-bond donors (Lipinski definition) is 1. The fourth-order valence-corrected chi connectivity index (χ4v) is 3.38. The van der Waals surface area contributed by atoms with Crippen molar-refractivity contribution in [3.63, 3.8) is 0 Å². The summed E-state index contributed by atoms with van der Waals surface area (Å²) in [6.07, 6.45) is 2.60. The number of amides is 1. The Kier molecular flexibility index (Phi) is 4.24. The van der Waals surface area contributed by atoms with E-state index >= 15 is 0 Å². The zero-order chi connectivity index (χ0) is 16.6. The molecule has 1 aliphatic rings. The van der Waals surface area contributed by atoms with Crippen molar-refractivity contribution < 1.29 is 9.21 Å². The standard InChI is InChI=1S/C19H24N2O2/c1-5-17-21-16-7-6-13-10-15(11(2)3)14(8-9-20-12(4)22)18(13)19(16)23-17/h6-7,11H,5,8-10H2,1-4H3,(H,20,22). The lowest BCUT2D eigenvalue weighted by atomic mass is 9.95. The summed E-state index contributed by atoms with van der Waals surface area (Å²) in [7, 11) is 0. The molecule has 4 heteroatoms. The molecular formula is C19H24N2O2. The number of fused-ring (bicyclic) bond motifs is 3. The summed E-state index contributed by atoms with van der Waals surface area (Å²) < 4.78 is 6.01. The molecule has 0 unspecified atom stereocenters. The first-order valence-corrected chi connectivity index (χ1v) is 8.39. The third kappa shape index (κ3) is 2.90. The zero-order valence-electron chi connectivity index (χ0n) is 14.3. The predicted molar refractivity (Wildman–Crippen MR) is 92.1 cm³/mol. The highest BCUT2D eigenvalue weighted by Gasteiger charge is 2.27. The van der Waals surface area contributed by atoms with Gasteiger partial charge in [-0.15, -0.1) is 0 Å². The molecule has 0 saturated carbocycles. The Hall–Kier alpha value is -2.10. The van der Waals surface area contributed by atoms with Gasteiger partial charge in [-0.2, -0.15) is 0 Å². The van der Waals surface area contributed by atoms with Crippen LogP contribution in [0.5, 0.6) is 0 Å². The van der Waals surface area contributed by atoms with Gasteiger partial charge >= 0.3 is 0 Å². The Morgan fingerprint density at radius 3 is 2.83 bits per heavy atom. The summed E-state index contributed by atoms with van der Waals surface area (Å²) in [6.45, 7) is 8.73. The summed E-state index contributed by atoms with van der Waals surface area (Å²) >= 11 is 0. The van der Waals surface area contributed by atoms with Crippen molar-refractivity contribution in [2.75, 3.05) is 6.54 Å². The molecular weight excluding hydrogens is 288 g/mol. The quantitative estimate of drug-likeness (QED) is 0.911. The molecule has 0 atom stereocenters. The maximum absolute atomic E-state index is 11.2. The molecule has 0 spiro atoms. The Labute approximate surface area is 137 Å². The van der Waals surface area contributed by atoms with Gasteiger partial charge in [0, 0.05) is 25.5 Å². The van der Waals surface area contributed by atoms with Crippen LogP contribution in [0.25, 0.3) is 16.7 Å². The average Bonchev–Trinajstić information content (AvgIpc) is 3.07. The number of carbonyl (C=O) groups is 1. The van der Waals surface area contributed by atoms with Gasteiger partial charge in [-0.25, -0.2) is 4.98 Å². The normalized spacial score (nSPS) is 14.0. The van der Waals surface area contributed by atoms with Gasteiger partial charge in [0.15, 0.2) is 11.5 Å². The van der Waals surface area contributed by atoms with Gasteiger partial charge in [0.1, 0.15) is 5.52 Å². The van der Waals surface area contributed by atoms with Crippen LogP contribution in [0.1, 0.15) is 51.1 Å². The molecule has 0 fully saturated rings. The van der Waals surface area contributed by atoms with Crippen LogP contribution in [0, 0.1) is 5.92 Å². The maximum atomic E-state index is 11.2. The second-order valence-corrected chi connectivity index (χ2v) is 6.48. The van der Waals surface area contributed by atoms with Crippen LogP contribution in [0.2, 0.25) is 0 Å². The minimum Gasteiger partial charge on any atom is -0.440 e. The fourth-order valence-electron chi connectivity index (χ4n) is 3.38. The number of hydrogen-bond acceptors (Lipinski definition) is 3. The van der Waals surface area contributed by atoms with E-state index in [2.05, 4.69) is 43.2 Å². The average molecular weight is 312 g/mol. The topological polar surface area (TPSA) is 55.1 Å². The first kappa shape index (κ1) is 15.8. The van der Waals surface area contributed by atoms with Crippen molar-refractivity contribution in [3.05, 3.63) is 34.7 Å². The Morgan fingerprint density at radius 1 is 1.39 bits per heavy atom. The van der Waals surface area contributed by atoms with Gasteiger partial charge in [0.25, 0.3) is 0 Å². The summed E-state index contributed by atoms with van der Waals surface area (Å²) in [5.74, 6) is 1.28. The molecule has 0 saturated heterocycles. The van der Waals surface area contributed by atoms with Gasteiger partial charge in [-0.3, -0.25) is 4.79 Å². The second kappa shape index (κ2) is 6.19. The Morgan fingerprint density at radius 2 is 2.17 bits per heavy atom. The van der Waals surface area contributed by atoms with E-state index in [0.717, 1.165) is 36.3 Å². The van der Waals surface area contributed by atoms with E-state index in [0.29, 0.717) is 12.5 Å². The van der Waals surface area contributed by atoms with Crippen molar-refractivity contribution >= 4 is 22.6 Å². The molecule has 3 rings (SSSR count). The number of aromatic nitrogens is 1. The molecule has 2 aromatic rings. The zero-order valence-corrected chi connectivity index (χ0v) is 14.3. The SMILES string of the molecule is CCc1nc2ccc3c(c2o1)C(CCNC(C)=O)=C(C(C)C)C3. The summed E-state index contributed by atoms with van der Waals surface area (Å²) in [5.41, 5.74) is 7.15. The summed E-state index contributed by atoms with van der Waals surface area (Å²) in [4.78, 5) is 15.7. The van der Waals surface area contributed by atoms with E-state index in [4.69, 9.17) is 4.42 Å². The number of oxazole rings is 1. The van der Waals surface area contributed by atoms with Gasteiger partial charge < -0.3 is 9.73 Å². The largest absolute Gasteiger partial charge is 0.440 e. The van der Waals surface area contributed by atoms with Crippen LogP contribution in [0.3, 0.4) is 0 Å². The van der Waals surface area contributed by atoms with Crippen molar-refractivity contribution in [1.82, 2.24) is 10.3 Å². The number of rotatable bonds is 5. The van der Waals surface area contributed by atoms with Crippen LogP contribution in [0.15, 0.2) is 22.1 Å². The van der Waals surface area contributed by atoms with E-state index in [-0.39, 0.29) is 5.91 Å². The molecule has 1 aromatic heterocycles. The summed E-state index contributed by atoms with van der Waals surface area (Å²) in [6, 6.07) is 4.24. The van der Waals surface area contributed by atoms with Crippen molar-refractivity contribution in [2.45, 2.75) is 47.0 Å². The molecule has 0 aliphatic heterocycles. The first-order chi connectivity index (χ1) is 11.0. The van der Waals surface area contributed by atoms with Gasteiger partial charge in [0.2, 0.25) is 5.91 Å². The lowest BCUT2D eigenvalue weighted by molar-refractivity contribution is -0.118. The molecule has 1 aromatic carbocycles.